The van der Waals surface area contributed by atoms with Crippen LogP contribution in [0.25, 0.3) is 131 Å². The van der Waals surface area contributed by atoms with Crippen LogP contribution in [-0.2, 0) is 0 Å². The minimum absolute atomic E-state index is 0.0759. The third-order valence-electron chi connectivity index (χ3n) is 12.9. The molecule has 13 aromatic rings. The van der Waals surface area contributed by atoms with Crippen molar-refractivity contribution in [1.29, 1.82) is 0 Å². The lowest BCUT2D eigenvalue weighted by atomic mass is 9.87. The van der Waals surface area contributed by atoms with E-state index in [1.54, 1.807) is 0 Å². The Bertz CT molecular complexity index is 3700. The van der Waals surface area contributed by atoms with Crippen LogP contribution >= 0.6 is 0 Å². The van der Waals surface area contributed by atoms with Gasteiger partial charge in [0, 0.05) is 0 Å². The van der Waals surface area contributed by atoms with Crippen molar-refractivity contribution in [3.05, 3.63) is 230 Å². The van der Waals surface area contributed by atoms with Gasteiger partial charge in [0.15, 0.2) is 0 Å². The predicted octanol–water partition coefficient (Wildman–Crippen LogP) is 17.5. The highest BCUT2D eigenvalue weighted by atomic mass is 14.2. The summed E-state index contributed by atoms with van der Waals surface area (Å²) in [4.78, 5) is 0. The topological polar surface area (TPSA) is 0 Å². The van der Waals surface area contributed by atoms with Gasteiger partial charge in [0.1, 0.15) is 0 Å². The van der Waals surface area contributed by atoms with Crippen molar-refractivity contribution < 1.29 is 5.48 Å². The second kappa shape index (κ2) is 13.7. The zero-order chi connectivity index (χ0) is 44.2. The summed E-state index contributed by atoms with van der Waals surface area (Å²) in [5, 5.41) is 14.4. The molecule has 13 aromatic carbocycles. The van der Waals surface area contributed by atoms with Crippen LogP contribution in [0.5, 0.6) is 0 Å². The molecule has 0 N–H and O–H groups in total. The summed E-state index contributed by atoms with van der Waals surface area (Å²) >= 11 is 0. The van der Waals surface area contributed by atoms with Crippen LogP contribution in [0, 0.1) is 0 Å². The third-order valence-corrected chi connectivity index (χ3v) is 12.9. The molecule has 0 fully saturated rings. The Kier molecular flexibility index (Phi) is 6.85. The van der Waals surface area contributed by atoms with Gasteiger partial charge in [-0.3, -0.25) is 0 Å². The molecule has 0 aromatic heterocycles. The molecular weight excluding hydrogens is 745 g/mol. The molecule has 0 spiro atoms. The fraction of sp³-hybridized carbons (Fsp3) is 0. The summed E-state index contributed by atoms with van der Waals surface area (Å²) in [6.45, 7) is 0. The maximum Gasteiger partial charge on any atom is 0.0629 e. The lowest BCUT2D eigenvalue weighted by molar-refractivity contribution is 1.55. The van der Waals surface area contributed by atoms with Gasteiger partial charge in [-0.2, -0.15) is 0 Å². The first kappa shape index (κ1) is 30.9. The summed E-state index contributed by atoms with van der Waals surface area (Å²) in [5.74, 6) is 0. The fourth-order valence-electron chi connectivity index (χ4n) is 9.91. The van der Waals surface area contributed by atoms with Gasteiger partial charge >= 0.3 is 0 Å². The van der Waals surface area contributed by atoms with Crippen LogP contribution in [0.3, 0.4) is 0 Å². The van der Waals surface area contributed by atoms with E-state index in [2.05, 4.69) is 158 Å². The van der Waals surface area contributed by atoms with Crippen molar-refractivity contribution in [3.63, 3.8) is 0 Å². The molecule has 286 valence electrons. The molecule has 0 aliphatic heterocycles. The van der Waals surface area contributed by atoms with Crippen molar-refractivity contribution in [2.45, 2.75) is 0 Å². The zero-order valence-corrected chi connectivity index (χ0v) is 33.6. The maximum atomic E-state index is 9.75. The Morgan fingerprint density at radius 1 is 0.177 bits per heavy atom. The van der Waals surface area contributed by atoms with E-state index >= 15 is 0 Å². The summed E-state index contributed by atoms with van der Waals surface area (Å²) in [6.07, 6.45) is 0. The van der Waals surface area contributed by atoms with Gasteiger partial charge in [-0.05, 0) is 192 Å². The molecule has 0 amide bonds. The quantitative estimate of drug-likeness (QED) is 0.147. The van der Waals surface area contributed by atoms with Crippen molar-refractivity contribution in [3.8, 4) is 66.8 Å². The van der Waals surface area contributed by atoms with Gasteiger partial charge < -0.3 is 0 Å². The lowest BCUT2D eigenvalue weighted by Gasteiger charge is -2.16. The van der Waals surface area contributed by atoms with Crippen molar-refractivity contribution in [2.24, 2.45) is 0 Å². The second-order valence-corrected chi connectivity index (χ2v) is 16.6. The van der Waals surface area contributed by atoms with Gasteiger partial charge in [0.05, 0.1) is 5.48 Å². The minimum atomic E-state index is -0.0773. The highest BCUT2D eigenvalue weighted by molar-refractivity contribution is 6.25. The average molecular weight is 787 g/mol. The molecule has 0 aliphatic carbocycles. The zero-order valence-electron chi connectivity index (χ0n) is 37.6. The van der Waals surface area contributed by atoms with Crippen LogP contribution in [0.2, 0.25) is 0 Å². The van der Waals surface area contributed by atoms with Crippen LogP contribution in [-0.4, -0.2) is 0 Å². The highest BCUT2D eigenvalue weighted by Crippen LogP contribution is 2.42. The maximum absolute atomic E-state index is 9.75. The van der Waals surface area contributed by atoms with Crippen LogP contribution in [0.1, 0.15) is 5.48 Å². The van der Waals surface area contributed by atoms with E-state index in [-0.39, 0.29) is 35.3 Å². The van der Waals surface area contributed by atoms with E-state index in [0.717, 1.165) is 66.1 Å². The molecule has 0 atom stereocenters. The monoisotopic (exact) mass is 786 g/mol. The lowest BCUT2D eigenvalue weighted by Crippen LogP contribution is -1.90. The highest BCUT2D eigenvalue weighted by Gasteiger charge is 2.16. The van der Waals surface area contributed by atoms with E-state index in [4.69, 9.17) is 0 Å². The van der Waals surface area contributed by atoms with E-state index in [0.29, 0.717) is 11.1 Å². The Hall–Kier alpha value is -8.06. The minimum Gasteiger partial charge on any atom is -0.0622 e. The van der Waals surface area contributed by atoms with E-state index in [1.807, 2.05) is 48.5 Å². The second-order valence-electron chi connectivity index (χ2n) is 16.6. The molecule has 0 radical (unpaired) electrons. The Labute approximate surface area is 365 Å². The first-order chi connectivity index (χ1) is 32.3. The molecule has 0 unspecified atom stereocenters. The van der Waals surface area contributed by atoms with Crippen molar-refractivity contribution >= 4 is 64.6 Å². The standard InChI is InChI=1S/C62H38/c1-3-9-39(10-4-1)51-33-52(40-11-5-2-6-12-40)35-53(34-51)41-17-19-42(20-18-41)54-36-57(55-29-47-25-21-43-13-7-14-44-22-26-48(30-55)61(47)59(43)44)38-58(37-54)56-31-49-27-23-45-15-8-16-46-24-28-50(32-56)62(49)60(45)46/h1-38H/i17D,18D,19D,20D. The van der Waals surface area contributed by atoms with Gasteiger partial charge in [0.25, 0.3) is 0 Å². The first-order valence-electron chi connectivity index (χ1n) is 23.2. The molecule has 0 saturated carbocycles. The summed E-state index contributed by atoms with van der Waals surface area (Å²) < 4.78 is 38.8. The van der Waals surface area contributed by atoms with E-state index in [9.17, 15) is 5.48 Å². The van der Waals surface area contributed by atoms with Crippen molar-refractivity contribution in [1.82, 2.24) is 0 Å². The van der Waals surface area contributed by atoms with Gasteiger partial charge in [-0.25, -0.2) is 0 Å². The molecule has 0 heteroatoms. The summed E-state index contributed by atoms with van der Waals surface area (Å²) in [7, 11) is 0. The molecular formula is C62H38. The normalized spacial score (nSPS) is 12.8. The Balaban J connectivity index is 1.04. The predicted molar refractivity (Wildman–Crippen MR) is 266 cm³/mol. The van der Waals surface area contributed by atoms with E-state index < -0.39 is 0 Å². The van der Waals surface area contributed by atoms with Crippen LogP contribution in [0.4, 0.5) is 0 Å². The molecule has 0 bridgehead atoms. The molecule has 0 aliphatic rings. The summed E-state index contributed by atoms with van der Waals surface area (Å²) in [6, 6.07) is 71.8. The third kappa shape index (κ3) is 5.69. The SMILES string of the molecule is [2H]c1c([2H])c(-c2cc(-c3cc4ccc5cccc6ccc(c3)c4c56)cc(-c3cc4ccc5cccc6ccc(c3)c4c56)c2)c([2H])c([2H])c1-c1cc(-c2ccccc2)cc(-c2ccccc2)c1. The fourth-order valence-corrected chi connectivity index (χ4v) is 9.91. The molecule has 0 heterocycles. The molecule has 0 nitrogen and oxygen atoms in total. The number of hydrogen-bond acceptors (Lipinski definition) is 0. The van der Waals surface area contributed by atoms with Crippen LogP contribution in [0.15, 0.2) is 230 Å². The first-order valence-corrected chi connectivity index (χ1v) is 21.2. The molecule has 62 heavy (non-hydrogen) atoms. The average Bonchev–Trinajstić information content (AvgIpc) is 3.37. The molecule has 0 saturated heterocycles. The van der Waals surface area contributed by atoms with Crippen LogP contribution < -0.4 is 0 Å². The number of benzene rings is 13. The van der Waals surface area contributed by atoms with Gasteiger partial charge in [-0.15, -0.1) is 0 Å². The number of hydrogen-bond donors (Lipinski definition) is 0. The van der Waals surface area contributed by atoms with Gasteiger partial charge in [-0.1, -0.05) is 170 Å². The van der Waals surface area contributed by atoms with Gasteiger partial charge in [0.2, 0.25) is 0 Å². The molecule has 13 rings (SSSR count). The largest absolute Gasteiger partial charge is 0.0629 e. The number of rotatable bonds is 6. The summed E-state index contributed by atoms with van der Waals surface area (Å²) in [5.41, 5.74) is 9.59. The van der Waals surface area contributed by atoms with Crippen molar-refractivity contribution in [2.75, 3.05) is 0 Å². The van der Waals surface area contributed by atoms with E-state index in [1.165, 1.54) is 43.1 Å². The Morgan fingerprint density at radius 3 is 0.742 bits per heavy atom. The smallest absolute Gasteiger partial charge is 0.0622 e. The Morgan fingerprint density at radius 2 is 0.419 bits per heavy atom.